The molecule has 0 amide bonds. The van der Waals surface area contributed by atoms with Gasteiger partial charge in [-0.15, -0.1) is 0 Å². The first-order chi connectivity index (χ1) is 10.0. The Hall–Kier alpha value is -1.13. The summed E-state index contributed by atoms with van der Waals surface area (Å²) >= 11 is 5.90. The normalized spacial score (nSPS) is 14.9. The van der Waals surface area contributed by atoms with Crippen LogP contribution >= 0.6 is 11.6 Å². The molecule has 0 bridgehead atoms. The number of nitrogens with zero attached hydrogens (tertiary/aromatic N) is 1. The molecule has 1 aromatic rings. The van der Waals surface area contributed by atoms with Crippen molar-refractivity contribution in [2.24, 2.45) is 5.92 Å². The molecule has 21 heavy (non-hydrogen) atoms. The predicted octanol–water partition coefficient (Wildman–Crippen LogP) is 2.31. The molecule has 2 rings (SSSR count). The summed E-state index contributed by atoms with van der Waals surface area (Å²) in [7, 11) is -3.65. The number of rotatable bonds is 8. The number of nitriles is 1. The van der Waals surface area contributed by atoms with Gasteiger partial charge in [-0.25, -0.2) is 13.1 Å². The SMILES string of the molecule is N#Cc1ccc(S(=O)(=O)NCCCOCC2CC2)c(Cl)c1. The van der Waals surface area contributed by atoms with Crippen molar-refractivity contribution in [1.29, 1.82) is 5.26 Å². The van der Waals surface area contributed by atoms with Gasteiger partial charge in [0.2, 0.25) is 10.0 Å². The molecule has 1 aromatic carbocycles. The molecule has 1 fully saturated rings. The molecule has 0 radical (unpaired) electrons. The number of hydrogen-bond donors (Lipinski definition) is 1. The number of hydrogen-bond acceptors (Lipinski definition) is 4. The molecular weight excluding hydrogens is 312 g/mol. The van der Waals surface area contributed by atoms with Gasteiger partial charge in [0, 0.05) is 19.8 Å². The van der Waals surface area contributed by atoms with Crippen LogP contribution in [0.5, 0.6) is 0 Å². The molecule has 1 N–H and O–H groups in total. The summed E-state index contributed by atoms with van der Waals surface area (Å²) in [6.45, 7) is 1.61. The van der Waals surface area contributed by atoms with Gasteiger partial charge in [-0.1, -0.05) is 11.6 Å². The summed E-state index contributed by atoms with van der Waals surface area (Å²) in [5.41, 5.74) is 0.326. The standard InChI is InChI=1S/C14H17ClN2O3S/c15-13-8-12(9-16)4-5-14(13)21(18,19)17-6-1-7-20-10-11-2-3-11/h4-5,8,11,17H,1-3,6-7,10H2. The lowest BCUT2D eigenvalue weighted by Gasteiger charge is -2.08. The van der Waals surface area contributed by atoms with Crippen LogP contribution in [0.1, 0.15) is 24.8 Å². The van der Waals surface area contributed by atoms with Gasteiger partial charge in [0.05, 0.1) is 16.7 Å². The largest absolute Gasteiger partial charge is 0.381 e. The van der Waals surface area contributed by atoms with Gasteiger partial charge in [0.25, 0.3) is 0 Å². The third-order valence-corrected chi connectivity index (χ3v) is 5.10. The summed E-state index contributed by atoms with van der Waals surface area (Å²) in [6, 6.07) is 6.02. The summed E-state index contributed by atoms with van der Waals surface area (Å²) in [5.74, 6) is 0.708. The quantitative estimate of drug-likeness (QED) is 0.743. The number of sulfonamides is 1. The van der Waals surface area contributed by atoms with E-state index in [-0.39, 0.29) is 9.92 Å². The van der Waals surface area contributed by atoms with Crippen molar-refractivity contribution < 1.29 is 13.2 Å². The second kappa shape index (κ2) is 7.23. The fourth-order valence-corrected chi connectivity index (χ4v) is 3.40. The topological polar surface area (TPSA) is 79.2 Å². The Kier molecular flexibility index (Phi) is 5.59. The first-order valence-electron chi connectivity index (χ1n) is 6.80. The molecule has 0 aromatic heterocycles. The van der Waals surface area contributed by atoms with E-state index in [9.17, 15) is 8.42 Å². The van der Waals surface area contributed by atoms with Crippen molar-refractivity contribution in [2.75, 3.05) is 19.8 Å². The summed E-state index contributed by atoms with van der Waals surface area (Å²) in [5, 5.41) is 8.78. The molecule has 0 aliphatic heterocycles. The second-order valence-electron chi connectivity index (χ2n) is 5.03. The smallest absolute Gasteiger partial charge is 0.242 e. The van der Waals surface area contributed by atoms with Crippen molar-refractivity contribution in [3.8, 4) is 6.07 Å². The predicted molar refractivity (Wildman–Crippen MR) is 79.5 cm³/mol. The highest BCUT2D eigenvalue weighted by Gasteiger charge is 2.21. The Morgan fingerprint density at radius 2 is 2.19 bits per heavy atom. The van der Waals surface area contributed by atoms with Gasteiger partial charge >= 0.3 is 0 Å². The minimum absolute atomic E-state index is 0.0120. The molecule has 1 saturated carbocycles. The summed E-state index contributed by atoms with van der Waals surface area (Å²) < 4.78 is 32.1. The van der Waals surface area contributed by atoms with E-state index < -0.39 is 10.0 Å². The van der Waals surface area contributed by atoms with Crippen molar-refractivity contribution in [1.82, 2.24) is 4.72 Å². The van der Waals surface area contributed by atoms with Gasteiger partial charge in [-0.3, -0.25) is 0 Å². The van der Waals surface area contributed by atoms with Crippen LogP contribution in [0.3, 0.4) is 0 Å². The van der Waals surface area contributed by atoms with Gasteiger partial charge in [-0.05, 0) is 43.4 Å². The van der Waals surface area contributed by atoms with Crippen LogP contribution < -0.4 is 4.72 Å². The summed E-state index contributed by atoms with van der Waals surface area (Å²) in [6.07, 6.45) is 3.09. The van der Waals surface area contributed by atoms with E-state index in [1.807, 2.05) is 6.07 Å². The van der Waals surface area contributed by atoms with Crippen LogP contribution in [0.2, 0.25) is 5.02 Å². The molecule has 5 nitrogen and oxygen atoms in total. The molecule has 0 spiro atoms. The van der Waals surface area contributed by atoms with Crippen LogP contribution in [0, 0.1) is 17.2 Å². The molecule has 0 atom stereocenters. The van der Waals surface area contributed by atoms with Crippen LogP contribution in [-0.4, -0.2) is 28.2 Å². The van der Waals surface area contributed by atoms with Gasteiger partial charge in [-0.2, -0.15) is 5.26 Å². The second-order valence-corrected chi connectivity index (χ2v) is 7.17. The van der Waals surface area contributed by atoms with E-state index in [0.717, 1.165) is 6.61 Å². The van der Waals surface area contributed by atoms with Crippen LogP contribution in [-0.2, 0) is 14.8 Å². The highest BCUT2D eigenvalue weighted by molar-refractivity contribution is 7.89. The van der Waals surface area contributed by atoms with Gasteiger partial charge in [0.1, 0.15) is 4.90 Å². The van der Waals surface area contributed by atoms with Crippen molar-refractivity contribution in [2.45, 2.75) is 24.2 Å². The Bertz CT molecular complexity index is 636. The van der Waals surface area contributed by atoms with Gasteiger partial charge < -0.3 is 4.74 Å². The molecule has 0 heterocycles. The van der Waals surface area contributed by atoms with Gasteiger partial charge in [0.15, 0.2) is 0 Å². The summed E-state index contributed by atoms with van der Waals surface area (Å²) in [4.78, 5) is -0.0120. The first kappa shape index (κ1) is 16.2. The number of benzene rings is 1. The maximum absolute atomic E-state index is 12.1. The Morgan fingerprint density at radius 1 is 1.43 bits per heavy atom. The molecule has 1 aliphatic carbocycles. The zero-order valence-electron chi connectivity index (χ0n) is 11.5. The van der Waals surface area contributed by atoms with Crippen molar-refractivity contribution in [3.05, 3.63) is 28.8 Å². The average molecular weight is 329 g/mol. The Balaban J connectivity index is 1.81. The van der Waals surface area contributed by atoms with E-state index in [0.29, 0.717) is 31.1 Å². The molecule has 0 unspecified atom stereocenters. The van der Waals surface area contributed by atoms with E-state index in [1.54, 1.807) is 0 Å². The highest BCUT2D eigenvalue weighted by atomic mass is 35.5. The van der Waals surface area contributed by atoms with Crippen molar-refractivity contribution in [3.63, 3.8) is 0 Å². The fourth-order valence-electron chi connectivity index (χ4n) is 1.78. The Labute approximate surface area is 129 Å². The number of nitrogens with one attached hydrogen (secondary N) is 1. The van der Waals surface area contributed by atoms with E-state index >= 15 is 0 Å². The zero-order chi connectivity index (χ0) is 15.3. The molecule has 1 aliphatic rings. The lowest BCUT2D eigenvalue weighted by atomic mass is 10.2. The third kappa shape index (κ3) is 4.97. The zero-order valence-corrected chi connectivity index (χ0v) is 13.1. The monoisotopic (exact) mass is 328 g/mol. The molecule has 7 heteroatoms. The third-order valence-electron chi connectivity index (χ3n) is 3.16. The molecular formula is C14H17ClN2O3S. The minimum atomic E-state index is -3.65. The lowest BCUT2D eigenvalue weighted by Crippen LogP contribution is -2.26. The van der Waals surface area contributed by atoms with Crippen LogP contribution in [0.15, 0.2) is 23.1 Å². The average Bonchev–Trinajstić information content (AvgIpc) is 3.26. The number of ether oxygens (including phenoxy) is 1. The first-order valence-corrected chi connectivity index (χ1v) is 8.66. The minimum Gasteiger partial charge on any atom is -0.381 e. The van der Waals surface area contributed by atoms with Crippen molar-refractivity contribution >= 4 is 21.6 Å². The Morgan fingerprint density at radius 3 is 2.81 bits per heavy atom. The lowest BCUT2D eigenvalue weighted by molar-refractivity contribution is 0.123. The van der Waals surface area contributed by atoms with E-state index in [2.05, 4.69) is 4.72 Å². The van der Waals surface area contributed by atoms with Crippen LogP contribution in [0.25, 0.3) is 0 Å². The highest BCUT2D eigenvalue weighted by Crippen LogP contribution is 2.28. The fraction of sp³-hybridized carbons (Fsp3) is 0.500. The molecule has 114 valence electrons. The van der Waals surface area contributed by atoms with E-state index in [1.165, 1.54) is 31.0 Å². The van der Waals surface area contributed by atoms with E-state index in [4.69, 9.17) is 21.6 Å². The van der Waals surface area contributed by atoms with Crippen LogP contribution in [0.4, 0.5) is 0 Å². The maximum atomic E-state index is 12.1. The number of halogens is 1. The maximum Gasteiger partial charge on any atom is 0.242 e. The molecule has 0 saturated heterocycles.